The van der Waals surface area contributed by atoms with Gasteiger partial charge >= 0.3 is 0 Å². The number of aryl methyl sites for hydroxylation is 3. The second-order valence-electron chi connectivity index (χ2n) is 6.47. The summed E-state index contributed by atoms with van der Waals surface area (Å²) < 4.78 is 1.68. The van der Waals surface area contributed by atoms with Crippen molar-refractivity contribution in [2.24, 2.45) is 5.73 Å². The largest absolute Gasteiger partial charge is 0.370 e. The lowest BCUT2D eigenvalue weighted by molar-refractivity contribution is -0.117. The Hall–Kier alpha value is -2.12. The van der Waals surface area contributed by atoms with Crippen LogP contribution in [0.15, 0.2) is 34.2 Å². The number of carbonyl (C=O) groups is 1. The van der Waals surface area contributed by atoms with Gasteiger partial charge in [0.2, 0.25) is 5.91 Å². The van der Waals surface area contributed by atoms with E-state index in [2.05, 4.69) is 0 Å². The molecule has 1 aliphatic rings. The SMILES string of the molecule is Cc1ccc(-n2c(SCCC(N)=O)nc3sc4c(c3c2=O)CCC4)cc1. The third-order valence-electron chi connectivity index (χ3n) is 4.58. The van der Waals surface area contributed by atoms with Crippen LogP contribution in [0.2, 0.25) is 0 Å². The van der Waals surface area contributed by atoms with Crippen molar-refractivity contribution in [1.82, 2.24) is 9.55 Å². The van der Waals surface area contributed by atoms with Gasteiger partial charge in [-0.05, 0) is 43.9 Å². The van der Waals surface area contributed by atoms with Crippen LogP contribution in [-0.4, -0.2) is 21.2 Å². The minimum absolute atomic E-state index is 0.0140. The van der Waals surface area contributed by atoms with Crippen molar-refractivity contribution in [1.29, 1.82) is 0 Å². The van der Waals surface area contributed by atoms with E-state index >= 15 is 0 Å². The first-order valence-corrected chi connectivity index (χ1v) is 10.4. The number of primary amides is 1. The van der Waals surface area contributed by atoms with Gasteiger partial charge < -0.3 is 5.73 Å². The Morgan fingerprint density at radius 2 is 2.08 bits per heavy atom. The monoisotopic (exact) mass is 385 g/mol. The summed E-state index contributed by atoms with van der Waals surface area (Å²) in [6.07, 6.45) is 3.35. The number of thiophene rings is 1. The zero-order valence-electron chi connectivity index (χ0n) is 14.4. The fourth-order valence-corrected chi connectivity index (χ4v) is 5.55. The third kappa shape index (κ3) is 3.05. The number of thioether (sulfide) groups is 1. The summed E-state index contributed by atoms with van der Waals surface area (Å²) in [7, 11) is 0. The lowest BCUT2D eigenvalue weighted by Gasteiger charge is -2.12. The topological polar surface area (TPSA) is 78.0 Å². The van der Waals surface area contributed by atoms with E-state index in [0.717, 1.165) is 40.7 Å². The highest BCUT2D eigenvalue weighted by atomic mass is 32.2. The Balaban J connectivity index is 1.89. The third-order valence-corrected chi connectivity index (χ3v) is 6.71. The van der Waals surface area contributed by atoms with Crippen LogP contribution in [0.1, 0.15) is 28.8 Å². The Kier molecular flexibility index (Phi) is 4.58. The molecule has 0 aliphatic heterocycles. The first-order chi connectivity index (χ1) is 12.5. The van der Waals surface area contributed by atoms with Gasteiger partial charge in [-0.3, -0.25) is 14.2 Å². The Labute approximate surface area is 159 Å². The number of carbonyl (C=O) groups excluding carboxylic acids is 1. The number of hydrogen-bond acceptors (Lipinski definition) is 5. The summed E-state index contributed by atoms with van der Waals surface area (Å²) in [6, 6.07) is 7.85. The molecule has 5 nitrogen and oxygen atoms in total. The molecule has 0 spiro atoms. The van der Waals surface area contributed by atoms with Crippen molar-refractivity contribution in [2.45, 2.75) is 37.8 Å². The van der Waals surface area contributed by atoms with Crippen molar-refractivity contribution in [2.75, 3.05) is 5.75 Å². The van der Waals surface area contributed by atoms with Gasteiger partial charge in [-0.25, -0.2) is 4.98 Å². The summed E-state index contributed by atoms with van der Waals surface area (Å²) in [5.41, 5.74) is 8.35. The highest BCUT2D eigenvalue weighted by molar-refractivity contribution is 7.99. The maximum absolute atomic E-state index is 13.4. The first-order valence-electron chi connectivity index (χ1n) is 8.60. The van der Waals surface area contributed by atoms with Gasteiger partial charge in [-0.1, -0.05) is 29.5 Å². The number of benzene rings is 1. The molecule has 134 valence electrons. The van der Waals surface area contributed by atoms with Crippen LogP contribution in [0.25, 0.3) is 15.9 Å². The van der Waals surface area contributed by atoms with E-state index < -0.39 is 0 Å². The van der Waals surface area contributed by atoms with Gasteiger partial charge in [0.05, 0.1) is 11.1 Å². The molecule has 0 saturated heterocycles. The van der Waals surface area contributed by atoms with Gasteiger partial charge in [-0.2, -0.15) is 0 Å². The van der Waals surface area contributed by atoms with E-state index in [0.29, 0.717) is 10.9 Å². The molecule has 2 N–H and O–H groups in total. The highest BCUT2D eigenvalue weighted by Gasteiger charge is 2.23. The minimum Gasteiger partial charge on any atom is -0.370 e. The molecule has 2 aromatic heterocycles. The quantitative estimate of drug-likeness (QED) is 0.540. The molecule has 0 fully saturated rings. The van der Waals surface area contributed by atoms with Gasteiger partial charge in [-0.15, -0.1) is 11.3 Å². The molecule has 0 radical (unpaired) electrons. The molecule has 1 aromatic carbocycles. The van der Waals surface area contributed by atoms with Crippen molar-refractivity contribution < 1.29 is 4.79 Å². The van der Waals surface area contributed by atoms with Crippen LogP contribution in [0.4, 0.5) is 0 Å². The van der Waals surface area contributed by atoms with Crippen LogP contribution >= 0.6 is 23.1 Å². The molecule has 0 bridgehead atoms. The second-order valence-corrected chi connectivity index (χ2v) is 8.62. The van der Waals surface area contributed by atoms with E-state index in [4.69, 9.17) is 10.7 Å². The van der Waals surface area contributed by atoms with Crippen LogP contribution in [0.3, 0.4) is 0 Å². The van der Waals surface area contributed by atoms with Crippen molar-refractivity contribution >= 4 is 39.2 Å². The Morgan fingerprint density at radius 3 is 2.81 bits per heavy atom. The van der Waals surface area contributed by atoms with Gasteiger partial charge in [0.25, 0.3) is 5.56 Å². The average molecular weight is 386 g/mol. The smallest absolute Gasteiger partial charge is 0.267 e. The number of aromatic nitrogens is 2. The predicted molar refractivity (Wildman–Crippen MR) is 107 cm³/mol. The van der Waals surface area contributed by atoms with Crippen LogP contribution < -0.4 is 11.3 Å². The summed E-state index contributed by atoms with van der Waals surface area (Å²) in [4.78, 5) is 31.3. The maximum Gasteiger partial charge on any atom is 0.267 e. The Morgan fingerprint density at radius 1 is 1.31 bits per heavy atom. The number of fused-ring (bicyclic) bond motifs is 3. The zero-order valence-corrected chi connectivity index (χ0v) is 16.1. The van der Waals surface area contributed by atoms with Crippen LogP contribution in [-0.2, 0) is 17.6 Å². The van der Waals surface area contributed by atoms with E-state index in [1.807, 2.05) is 31.2 Å². The lowest BCUT2D eigenvalue weighted by Crippen LogP contribution is -2.22. The second kappa shape index (κ2) is 6.89. The fraction of sp³-hybridized carbons (Fsp3) is 0.316. The average Bonchev–Trinajstić information content (AvgIpc) is 3.16. The summed E-state index contributed by atoms with van der Waals surface area (Å²) in [6.45, 7) is 2.02. The Bertz CT molecular complexity index is 1050. The normalized spacial score (nSPS) is 13.3. The summed E-state index contributed by atoms with van der Waals surface area (Å²) in [5.74, 6) is 0.155. The molecule has 1 aliphatic carbocycles. The summed E-state index contributed by atoms with van der Waals surface area (Å²) >= 11 is 3.03. The van der Waals surface area contributed by atoms with Crippen molar-refractivity contribution in [3.63, 3.8) is 0 Å². The van der Waals surface area contributed by atoms with Crippen LogP contribution in [0.5, 0.6) is 0 Å². The standard InChI is InChI=1S/C19H19N3O2S2/c1-11-5-7-12(8-6-11)22-18(24)16-13-3-2-4-14(13)26-17(16)21-19(22)25-10-9-15(20)23/h5-8H,2-4,9-10H2,1H3,(H2,20,23). The molecule has 0 saturated carbocycles. The molecule has 2 heterocycles. The molecule has 26 heavy (non-hydrogen) atoms. The molecular formula is C19H19N3O2S2. The van der Waals surface area contributed by atoms with Crippen molar-refractivity contribution in [3.8, 4) is 5.69 Å². The predicted octanol–water partition coefficient (Wildman–Crippen LogP) is 3.21. The molecule has 1 amide bonds. The van der Waals surface area contributed by atoms with E-state index in [1.165, 1.54) is 22.2 Å². The number of rotatable bonds is 5. The van der Waals surface area contributed by atoms with Crippen molar-refractivity contribution in [3.05, 3.63) is 50.6 Å². The van der Waals surface area contributed by atoms with E-state index in [-0.39, 0.29) is 17.9 Å². The maximum atomic E-state index is 13.4. The molecule has 3 aromatic rings. The molecule has 0 unspecified atom stereocenters. The number of nitrogens with zero attached hydrogens (tertiary/aromatic N) is 2. The number of nitrogens with two attached hydrogens (primary N) is 1. The molecule has 7 heteroatoms. The van der Waals surface area contributed by atoms with Gasteiger partial charge in [0.1, 0.15) is 4.83 Å². The highest BCUT2D eigenvalue weighted by Crippen LogP contribution is 2.36. The van der Waals surface area contributed by atoms with E-state index in [9.17, 15) is 9.59 Å². The number of hydrogen-bond donors (Lipinski definition) is 1. The van der Waals surface area contributed by atoms with Gasteiger partial charge in [0.15, 0.2) is 5.16 Å². The molecular weight excluding hydrogens is 366 g/mol. The van der Waals surface area contributed by atoms with Crippen LogP contribution in [0, 0.1) is 6.92 Å². The fourth-order valence-electron chi connectivity index (χ4n) is 3.29. The molecule has 0 atom stereocenters. The molecule has 4 rings (SSSR count). The first kappa shape index (κ1) is 17.3. The minimum atomic E-state index is -0.349. The van der Waals surface area contributed by atoms with E-state index in [1.54, 1.807) is 15.9 Å². The number of amides is 1. The lowest BCUT2D eigenvalue weighted by atomic mass is 10.2. The summed E-state index contributed by atoms with van der Waals surface area (Å²) in [5, 5.41) is 1.38. The van der Waals surface area contributed by atoms with Gasteiger partial charge in [0, 0.05) is 17.1 Å². The zero-order chi connectivity index (χ0) is 18.3.